The van der Waals surface area contributed by atoms with E-state index in [0.29, 0.717) is 43.5 Å². The van der Waals surface area contributed by atoms with Gasteiger partial charge >= 0.3 is 12.0 Å². The Balaban J connectivity index is 1.49. The van der Waals surface area contributed by atoms with Crippen LogP contribution in [-0.2, 0) is 70.7 Å². The minimum absolute atomic E-state index is 0.0264. The number of nitrogens with one attached hydrogen (secondary N) is 6. The molecule has 0 fully saturated rings. The highest BCUT2D eigenvalue weighted by atomic mass is 16.4. The molecular weight excluding hydrogens is 983 g/mol. The zero-order valence-electron chi connectivity index (χ0n) is 43.3. The van der Waals surface area contributed by atoms with Gasteiger partial charge in [0.25, 0.3) is 0 Å². The van der Waals surface area contributed by atoms with Gasteiger partial charge in [0.05, 0.1) is 12.7 Å². The molecule has 2 aliphatic rings. The Kier molecular flexibility index (Phi) is 22.1. The molecule has 3 heterocycles. The fourth-order valence-electron chi connectivity index (χ4n) is 9.15. The number of nitrogens with two attached hydrogens (primary N) is 4. The summed E-state index contributed by atoms with van der Waals surface area (Å²) in [4.78, 5) is 140. The highest BCUT2D eigenvalue weighted by molar-refractivity contribution is 5.99. The Bertz CT molecular complexity index is 2550. The summed E-state index contributed by atoms with van der Waals surface area (Å²) in [6, 6.07) is 4.65. The number of carboxylic acid groups (broad SMARTS) is 1. The molecule has 25 heteroatoms. The maximum atomic E-state index is 15.2. The van der Waals surface area contributed by atoms with Crippen LogP contribution in [0.2, 0.25) is 0 Å². The van der Waals surface area contributed by atoms with Crippen LogP contribution < -0.4 is 49.5 Å². The minimum Gasteiger partial charge on any atom is -0.481 e. The average molecular weight is 1060 g/mol. The maximum Gasteiger partial charge on any atom is 0.317 e. The lowest BCUT2D eigenvalue weighted by Gasteiger charge is -2.40. The number of H-pyrrole nitrogens is 1. The van der Waals surface area contributed by atoms with E-state index in [1.54, 1.807) is 30.3 Å². The molecule has 7 atom stereocenters. The van der Waals surface area contributed by atoms with Crippen LogP contribution in [0.4, 0.5) is 4.79 Å². The largest absolute Gasteiger partial charge is 0.481 e. The SMILES string of the molecule is CCCC[C@H](NC(=O)N(C)C)C(=O)N[C@@H](CC(=O)O)C(=O)N[C@@H](Cc1cnc[nH]1)C(=O)N1Cc2ccccc2C[C@@H]1C(=O)N[C@@H](CCCN=C(N)N)C(=O)N1Cc2ccccc2C[C@H]1C(=O)N[C@@H](CCCCN)C(N)=O. The summed E-state index contributed by atoms with van der Waals surface area (Å²) in [5.41, 5.74) is 26.0. The predicted molar refractivity (Wildman–Crippen MR) is 279 cm³/mol. The maximum absolute atomic E-state index is 15.2. The lowest BCUT2D eigenvalue weighted by Crippen LogP contribution is -2.63. The van der Waals surface area contributed by atoms with Crippen molar-refractivity contribution in [1.82, 2.24) is 51.3 Å². The van der Waals surface area contributed by atoms with Crippen molar-refractivity contribution in [2.45, 2.75) is 139 Å². The van der Waals surface area contributed by atoms with Crippen LogP contribution in [0.15, 0.2) is 66.0 Å². The molecule has 0 radical (unpaired) electrons. The number of fused-ring (bicyclic) bond motifs is 2. The van der Waals surface area contributed by atoms with Gasteiger partial charge in [-0.15, -0.1) is 0 Å². The van der Waals surface area contributed by atoms with Crippen molar-refractivity contribution < 1.29 is 48.3 Å². The van der Waals surface area contributed by atoms with Gasteiger partial charge < -0.3 is 74.3 Å². The number of rotatable bonds is 27. The Labute approximate surface area is 441 Å². The zero-order valence-corrected chi connectivity index (χ0v) is 43.3. The first-order valence-electron chi connectivity index (χ1n) is 25.5. The quantitative estimate of drug-likeness (QED) is 0.0242. The molecule has 0 aliphatic carbocycles. The van der Waals surface area contributed by atoms with E-state index in [0.717, 1.165) is 16.7 Å². The number of benzene rings is 2. The monoisotopic (exact) mass is 1060 g/mol. The molecule has 0 saturated heterocycles. The summed E-state index contributed by atoms with van der Waals surface area (Å²) in [5, 5.41) is 23.3. The highest BCUT2D eigenvalue weighted by Crippen LogP contribution is 2.28. The Hall–Kier alpha value is -8.09. The summed E-state index contributed by atoms with van der Waals surface area (Å²) in [6.07, 6.45) is 4.54. The van der Waals surface area contributed by atoms with Gasteiger partial charge in [-0.1, -0.05) is 68.3 Å². The number of nitrogens with zero attached hydrogens (tertiary/aromatic N) is 5. The number of aromatic nitrogens is 2. The molecule has 15 N–H and O–H groups in total. The summed E-state index contributed by atoms with van der Waals surface area (Å²) in [7, 11) is 2.96. The van der Waals surface area contributed by atoms with E-state index in [-0.39, 0.29) is 70.5 Å². The van der Waals surface area contributed by atoms with Gasteiger partial charge in [0.1, 0.15) is 42.3 Å². The van der Waals surface area contributed by atoms with Crippen molar-refractivity contribution in [3.8, 4) is 0 Å². The fourth-order valence-corrected chi connectivity index (χ4v) is 9.15. The highest BCUT2D eigenvalue weighted by Gasteiger charge is 2.43. The van der Waals surface area contributed by atoms with Crippen LogP contribution in [0.5, 0.6) is 0 Å². The fraction of sp³-hybridized carbons (Fsp3) is 0.510. The molecule has 3 aromatic rings. The third-order valence-corrected chi connectivity index (χ3v) is 13.3. The van der Waals surface area contributed by atoms with Gasteiger partial charge in [-0.25, -0.2) is 9.78 Å². The van der Waals surface area contributed by atoms with Gasteiger partial charge in [0.2, 0.25) is 41.4 Å². The summed E-state index contributed by atoms with van der Waals surface area (Å²) in [6.45, 7) is 2.15. The van der Waals surface area contributed by atoms with Crippen LogP contribution in [-0.4, -0.2) is 159 Å². The Morgan fingerprint density at radius 3 is 1.74 bits per heavy atom. The van der Waals surface area contributed by atoms with Crippen molar-refractivity contribution >= 4 is 59.3 Å². The molecule has 76 heavy (non-hydrogen) atoms. The minimum atomic E-state index is -1.72. The number of imidazole rings is 1. The molecule has 2 aromatic carbocycles. The van der Waals surface area contributed by atoms with Gasteiger partial charge in [0, 0.05) is 64.9 Å². The first-order chi connectivity index (χ1) is 36.3. The van der Waals surface area contributed by atoms with Gasteiger partial charge in [-0.05, 0) is 67.3 Å². The number of unbranched alkanes of at least 4 members (excludes halogenated alkanes) is 2. The number of carboxylic acids is 1. The van der Waals surface area contributed by atoms with Gasteiger partial charge in [-0.3, -0.25) is 43.3 Å². The Morgan fingerprint density at radius 1 is 0.697 bits per heavy atom. The number of guanidine groups is 1. The van der Waals surface area contributed by atoms with Gasteiger partial charge in [0.15, 0.2) is 5.96 Å². The van der Waals surface area contributed by atoms with E-state index >= 15 is 14.4 Å². The van der Waals surface area contributed by atoms with Crippen LogP contribution in [0.3, 0.4) is 0 Å². The third kappa shape index (κ3) is 16.7. The first kappa shape index (κ1) is 58.8. The molecule has 0 spiro atoms. The van der Waals surface area contributed by atoms with Crippen molar-refractivity contribution in [2.75, 3.05) is 27.2 Å². The Morgan fingerprint density at radius 2 is 1.22 bits per heavy atom. The molecule has 1 aromatic heterocycles. The topological polar surface area (TPSA) is 389 Å². The van der Waals surface area contributed by atoms with E-state index in [9.17, 15) is 33.9 Å². The lowest BCUT2D eigenvalue weighted by molar-refractivity contribution is -0.148. The average Bonchev–Trinajstić information content (AvgIpc) is 3.93. The van der Waals surface area contributed by atoms with E-state index in [2.05, 4.69) is 41.5 Å². The number of primary amides is 1. The van der Waals surface area contributed by atoms with Crippen molar-refractivity contribution in [3.63, 3.8) is 0 Å². The van der Waals surface area contributed by atoms with Crippen LogP contribution in [0, 0.1) is 0 Å². The lowest BCUT2D eigenvalue weighted by atomic mass is 9.91. The predicted octanol–water partition coefficient (Wildman–Crippen LogP) is -1.23. The number of hydrogen-bond donors (Lipinski definition) is 11. The molecule has 0 saturated carbocycles. The van der Waals surface area contributed by atoms with Crippen LogP contribution in [0.1, 0.15) is 92.7 Å². The summed E-state index contributed by atoms with van der Waals surface area (Å²) < 4.78 is 0. The molecule has 0 bridgehead atoms. The summed E-state index contributed by atoms with van der Waals surface area (Å²) >= 11 is 0. The van der Waals surface area contributed by atoms with E-state index in [4.69, 9.17) is 22.9 Å². The molecular formula is C51H73N15O10. The smallest absolute Gasteiger partial charge is 0.317 e. The molecule has 0 unspecified atom stereocenters. The number of carbonyl (C=O) groups excluding carboxylic acids is 8. The number of urea groups is 1. The van der Waals surface area contributed by atoms with Crippen molar-refractivity contribution in [2.24, 2.45) is 27.9 Å². The summed E-state index contributed by atoms with van der Waals surface area (Å²) in [5.74, 6) is -7.05. The number of aliphatic carboxylic acids is 1. The second-order valence-electron chi connectivity index (χ2n) is 19.2. The second-order valence-corrected chi connectivity index (χ2v) is 19.2. The molecule has 9 amide bonds. The molecule has 412 valence electrons. The molecule has 25 nitrogen and oxygen atoms in total. The number of aliphatic imine (C=N–C) groups is 1. The standard InChI is InChI=1S/C51H73N15O10/c1-4-5-17-36(63-51(76)64(2)3)44(70)61-38(25-42(67)68)45(71)62-39(24-34-26-56-29-58-34)49(75)66-28-33-16-9-7-14-31(33)23-41(66)47(73)60-37(19-12-21-57-50(54)55)48(74)65-27-32-15-8-6-13-30(32)22-40(65)46(72)59-35(43(53)69)18-10-11-20-52/h6-9,13-16,26,29,35-41H,4-5,10-12,17-25,27-28,52H2,1-3H3,(H2,53,69)(H,56,58)(H,59,72)(H,60,73)(H,61,70)(H,62,71)(H,63,76)(H,67,68)(H4,54,55,57)/t35-,36-,37-,38-,39-,40-,41+/m0/s1. The number of amides is 9. The van der Waals surface area contributed by atoms with Crippen LogP contribution in [0.25, 0.3) is 0 Å². The number of aromatic amines is 1. The zero-order chi connectivity index (χ0) is 55.5. The third-order valence-electron chi connectivity index (χ3n) is 13.3. The number of hydrogen-bond acceptors (Lipinski definition) is 12. The molecule has 5 rings (SSSR count). The van der Waals surface area contributed by atoms with Crippen molar-refractivity contribution in [1.29, 1.82) is 0 Å². The second kappa shape index (κ2) is 28.5. The van der Waals surface area contributed by atoms with E-state index in [1.165, 1.54) is 41.3 Å². The first-order valence-corrected chi connectivity index (χ1v) is 25.5. The number of carbonyl (C=O) groups is 9. The molecule has 2 aliphatic heterocycles. The van der Waals surface area contributed by atoms with Crippen LogP contribution >= 0.6 is 0 Å². The van der Waals surface area contributed by atoms with Gasteiger partial charge in [-0.2, -0.15) is 0 Å². The van der Waals surface area contributed by atoms with Crippen molar-refractivity contribution in [3.05, 3.63) is 89.0 Å². The van der Waals surface area contributed by atoms with E-state index < -0.39 is 102 Å². The van der Waals surface area contributed by atoms with E-state index in [1.807, 2.05) is 25.1 Å². The normalized spacial score (nSPS) is 16.7.